The van der Waals surface area contributed by atoms with Gasteiger partial charge in [-0.15, -0.1) is 0 Å². The van der Waals surface area contributed by atoms with Gasteiger partial charge in [0.2, 0.25) is 9.84 Å². The summed E-state index contributed by atoms with van der Waals surface area (Å²) in [7, 11) is -3.43. The highest BCUT2D eigenvalue weighted by atomic mass is 35.5. The summed E-state index contributed by atoms with van der Waals surface area (Å²) >= 11 is 6.19. The van der Waals surface area contributed by atoms with E-state index in [2.05, 4.69) is 10.3 Å². The number of hydrogen-bond donors (Lipinski definition) is 2. The van der Waals surface area contributed by atoms with Crippen LogP contribution in [0, 0.1) is 5.92 Å². The van der Waals surface area contributed by atoms with Crippen molar-refractivity contribution in [2.75, 3.05) is 13.7 Å². The van der Waals surface area contributed by atoms with E-state index in [1.54, 1.807) is 36.4 Å². The number of ether oxygens (including phenoxy) is 1. The first-order valence-electron chi connectivity index (χ1n) is 12.8. The molecule has 0 saturated heterocycles. The van der Waals surface area contributed by atoms with E-state index in [1.165, 1.54) is 31.4 Å². The van der Waals surface area contributed by atoms with Crippen LogP contribution >= 0.6 is 11.6 Å². The molecule has 0 spiro atoms. The fourth-order valence-corrected chi connectivity index (χ4v) is 7.50. The monoisotopic (exact) mass is 582 g/mol. The highest BCUT2D eigenvalue weighted by Gasteiger charge is 2.57. The number of aromatic nitrogens is 1. The molecule has 10 heteroatoms. The number of aryl methyl sites for hydroxylation is 1. The average Bonchev–Trinajstić information content (AvgIpc) is 3.33. The van der Waals surface area contributed by atoms with Gasteiger partial charge in [0.1, 0.15) is 0 Å². The zero-order chi connectivity index (χ0) is 28.5. The second-order valence-corrected chi connectivity index (χ2v) is 12.4. The summed E-state index contributed by atoms with van der Waals surface area (Å²) in [6.07, 6.45) is 0.621. The summed E-state index contributed by atoms with van der Waals surface area (Å²) < 4.78 is 49.6. The average molecular weight is 583 g/mol. The first-order chi connectivity index (χ1) is 19.1. The molecule has 3 aromatic carbocycles. The highest BCUT2D eigenvalue weighted by Crippen LogP contribution is 2.43. The Bertz CT molecular complexity index is 1690. The smallest absolute Gasteiger partial charge is 0.337 e. The normalized spacial score (nSPS) is 16.7. The van der Waals surface area contributed by atoms with Crippen LogP contribution < -0.4 is 5.32 Å². The van der Waals surface area contributed by atoms with Gasteiger partial charge in [-0.1, -0.05) is 41.9 Å². The number of esters is 1. The third-order valence-electron chi connectivity index (χ3n) is 7.46. The van der Waals surface area contributed by atoms with Gasteiger partial charge in [0.15, 0.2) is 5.78 Å². The van der Waals surface area contributed by atoms with E-state index in [4.69, 9.17) is 16.3 Å². The molecule has 1 aromatic heterocycles. The maximum Gasteiger partial charge on any atom is 0.337 e. The van der Waals surface area contributed by atoms with Crippen LogP contribution in [0.25, 0.3) is 10.9 Å². The van der Waals surface area contributed by atoms with Gasteiger partial charge in [0.05, 0.1) is 24.1 Å². The van der Waals surface area contributed by atoms with Crippen molar-refractivity contribution in [3.05, 3.63) is 100 Å². The largest absolute Gasteiger partial charge is 0.465 e. The number of sulfone groups is 1. The number of alkyl halides is 1. The van der Waals surface area contributed by atoms with Crippen LogP contribution in [-0.2, 0) is 38.8 Å². The third kappa shape index (κ3) is 5.05. The predicted molar refractivity (Wildman–Crippen MR) is 151 cm³/mol. The van der Waals surface area contributed by atoms with E-state index in [1.807, 2.05) is 12.1 Å². The molecule has 0 saturated carbocycles. The third-order valence-corrected chi connectivity index (χ3v) is 9.93. The number of ketones is 1. The van der Waals surface area contributed by atoms with Gasteiger partial charge < -0.3 is 15.0 Å². The molecule has 7 nitrogen and oxygen atoms in total. The Hall–Kier alpha value is -3.53. The Labute approximate surface area is 236 Å². The number of carbonyl (C=O) groups is 2. The summed E-state index contributed by atoms with van der Waals surface area (Å²) in [5.74, 6) is -2.68. The Morgan fingerprint density at radius 2 is 1.88 bits per heavy atom. The van der Waals surface area contributed by atoms with Crippen LogP contribution in [0.2, 0.25) is 5.02 Å². The van der Waals surface area contributed by atoms with Gasteiger partial charge in [-0.3, -0.25) is 4.79 Å². The molecular weight excluding hydrogens is 555 g/mol. The fourth-order valence-electron chi connectivity index (χ4n) is 5.45. The number of H-pyrrole nitrogens is 1. The zero-order valence-electron chi connectivity index (χ0n) is 21.7. The van der Waals surface area contributed by atoms with Gasteiger partial charge >= 0.3 is 5.97 Å². The van der Waals surface area contributed by atoms with Crippen LogP contribution in [0.4, 0.5) is 4.39 Å². The topological polar surface area (TPSA) is 105 Å². The Balaban J connectivity index is 1.44. The zero-order valence-corrected chi connectivity index (χ0v) is 23.3. The van der Waals surface area contributed by atoms with E-state index in [0.717, 1.165) is 16.5 Å². The lowest BCUT2D eigenvalue weighted by Gasteiger charge is -2.34. The van der Waals surface area contributed by atoms with Crippen molar-refractivity contribution in [2.45, 2.75) is 35.7 Å². The Morgan fingerprint density at radius 1 is 1.10 bits per heavy atom. The van der Waals surface area contributed by atoms with E-state index >= 15 is 4.39 Å². The minimum absolute atomic E-state index is 0.0527. The quantitative estimate of drug-likeness (QED) is 0.262. The summed E-state index contributed by atoms with van der Waals surface area (Å²) in [6.45, 7) is -0.397. The van der Waals surface area contributed by atoms with Gasteiger partial charge in [-0.2, -0.15) is 0 Å². The molecule has 0 amide bonds. The van der Waals surface area contributed by atoms with Crippen molar-refractivity contribution in [3.8, 4) is 0 Å². The molecular formula is C30H28ClFN2O5S. The van der Waals surface area contributed by atoms with Gasteiger partial charge in [0, 0.05) is 34.1 Å². The van der Waals surface area contributed by atoms with Crippen molar-refractivity contribution in [2.24, 2.45) is 5.92 Å². The molecule has 5 rings (SSSR count). The maximum atomic E-state index is 17.2. The van der Waals surface area contributed by atoms with Crippen LogP contribution in [-0.4, -0.2) is 43.8 Å². The summed E-state index contributed by atoms with van der Waals surface area (Å²) in [4.78, 5) is 28.5. The summed E-state index contributed by atoms with van der Waals surface area (Å²) in [5, 5.41) is 1.19. The lowest BCUT2D eigenvalue weighted by atomic mass is 9.82. The summed E-state index contributed by atoms with van der Waals surface area (Å²) in [6, 6.07) is 19.3. The molecule has 1 heterocycles. The van der Waals surface area contributed by atoms with Crippen molar-refractivity contribution in [1.29, 1.82) is 0 Å². The van der Waals surface area contributed by atoms with Gasteiger partial charge in [-0.25, -0.2) is 17.6 Å². The number of nitrogens with one attached hydrogen (secondary N) is 2. The van der Waals surface area contributed by atoms with E-state index in [0.29, 0.717) is 28.3 Å². The molecule has 208 valence electrons. The first-order valence-corrected chi connectivity index (χ1v) is 14.7. The minimum atomic E-state index is -4.71. The molecule has 2 unspecified atom stereocenters. The molecule has 0 bridgehead atoms. The van der Waals surface area contributed by atoms with Crippen molar-refractivity contribution in [1.82, 2.24) is 10.3 Å². The Kier molecular flexibility index (Phi) is 7.81. The number of methoxy groups -OCH3 is 1. The number of rotatable bonds is 9. The molecule has 1 aliphatic carbocycles. The summed E-state index contributed by atoms with van der Waals surface area (Å²) in [5.41, 5.74) is 3.48. The highest BCUT2D eigenvalue weighted by molar-refractivity contribution is 7.93. The molecule has 2 N–H and O–H groups in total. The van der Waals surface area contributed by atoms with E-state index in [-0.39, 0.29) is 24.3 Å². The minimum Gasteiger partial charge on any atom is -0.465 e. The van der Waals surface area contributed by atoms with Gasteiger partial charge in [0.25, 0.3) is 5.00 Å². The van der Waals surface area contributed by atoms with Crippen molar-refractivity contribution < 1.29 is 27.1 Å². The number of hydrogen-bond acceptors (Lipinski definition) is 6. The SMILES string of the molecule is COC(=O)c1cccc(CNCC(=O)C(F)(C2CCc3c([nH]c4ccc(Cl)cc34)C2)S(=O)(=O)c2ccccc2)c1. The lowest BCUT2D eigenvalue weighted by molar-refractivity contribution is -0.127. The number of carbonyl (C=O) groups excluding carboxylic acids is 2. The van der Waals surface area contributed by atoms with Crippen molar-refractivity contribution in [3.63, 3.8) is 0 Å². The standard InChI is InChI=1S/C30H28ClFN2O5S/c1-39-29(36)20-7-5-6-19(14-20)17-33-18-28(35)30(32,40(37,38)23-8-3-2-4-9-23)21-10-12-24-25-16-22(31)11-13-26(25)34-27(24)15-21/h2-9,11,13-14,16,21,33-34H,10,12,15,17-18H2,1H3. The van der Waals surface area contributed by atoms with Crippen LogP contribution in [0.3, 0.4) is 0 Å². The second-order valence-electron chi connectivity index (χ2n) is 9.89. The predicted octanol–water partition coefficient (Wildman–Crippen LogP) is 5.21. The van der Waals surface area contributed by atoms with Crippen LogP contribution in [0.5, 0.6) is 0 Å². The molecule has 0 radical (unpaired) electrons. The first kappa shape index (κ1) is 28.0. The molecule has 0 fully saturated rings. The van der Waals surface area contributed by atoms with Crippen molar-refractivity contribution >= 4 is 44.1 Å². The van der Waals surface area contributed by atoms with Crippen LogP contribution in [0.15, 0.2) is 77.7 Å². The number of aromatic amines is 1. The van der Waals surface area contributed by atoms with E-state index < -0.39 is 39.1 Å². The number of fused-ring (bicyclic) bond motifs is 3. The molecule has 0 aliphatic heterocycles. The van der Waals surface area contributed by atoms with Crippen LogP contribution in [0.1, 0.15) is 33.6 Å². The number of Topliss-reactive ketones (excluding diaryl/α,β-unsaturated/α-hetero) is 1. The van der Waals surface area contributed by atoms with Gasteiger partial charge in [-0.05, 0) is 72.9 Å². The number of halogens is 2. The molecule has 1 aliphatic rings. The number of benzene rings is 3. The Morgan fingerprint density at radius 3 is 2.62 bits per heavy atom. The van der Waals surface area contributed by atoms with E-state index in [9.17, 15) is 18.0 Å². The molecule has 4 aromatic rings. The maximum absolute atomic E-state index is 17.2. The molecule has 40 heavy (non-hydrogen) atoms. The molecule has 2 atom stereocenters. The fraction of sp³-hybridized carbons (Fsp3) is 0.267. The second kappa shape index (κ2) is 11.2. The lowest BCUT2D eigenvalue weighted by Crippen LogP contribution is -2.53.